The van der Waals surface area contributed by atoms with Gasteiger partial charge in [-0.3, -0.25) is 25.0 Å². The van der Waals surface area contributed by atoms with E-state index >= 15 is 0 Å². The summed E-state index contributed by atoms with van der Waals surface area (Å²) in [7, 11) is 0. The van der Waals surface area contributed by atoms with Crippen LogP contribution in [0.15, 0.2) is 75.9 Å². The highest BCUT2D eigenvalue weighted by Crippen LogP contribution is 2.22. The second-order valence-electron chi connectivity index (χ2n) is 7.64. The molecule has 174 valence electrons. The van der Waals surface area contributed by atoms with Gasteiger partial charge < -0.3 is 9.15 Å². The maximum absolute atomic E-state index is 12.3. The summed E-state index contributed by atoms with van der Waals surface area (Å²) in [4.78, 5) is 36.4. The fraction of sp³-hybridized carbons (Fsp3) is 0.160. The Bertz CT molecular complexity index is 1390. The molecule has 2 N–H and O–H groups in total. The number of amides is 2. The standard InChI is InChI=1S/C25H22ClN3O5/c1-16-14-19(10-11-20(16)26)33-15-17-6-8-18(9-7-17)24(31)28-27-23(30)12-13-29-21-4-2-3-5-22(21)34-25(29)32/h2-11,14H,12-13,15H2,1H3,(H,27,30)(H,28,31). The lowest BCUT2D eigenvalue weighted by atomic mass is 10.1. The van der Waals surface area contributed by atoms with E-state index < -0.39 is 17.6 Å². The molecule has 0 spiro atoms. The minimum atomic E-state index is -0.534. The molecule has 0 aliphatic heterocycles. The van der Waals surface area contributed by atoms with E-state index in [1.807, 2.05) is 13.0 Å². The van der Waals surface area contributed by atoms with E-state index in [0.717, 1.165) is 11.1 Å². The van der Waals surface area contributed by atoms with Gasteiger partial charge in [0.25, 0.3) is 5.91 Å². The number of hydrogen-bond donors (Lipinski definition) is 2. The summed E-state index contributed by atoms with van der Waals surface area (Å²) < 4.78 is 12.3. The van der Waals surface area contributed by atoms with Crippen LogP contribution in [0.5, 0.6) is 5.75 Å². The van der Waals surface area contributed by atoms with E-state index in [4.69, 9.17) is 20.8 Å². The van der Waals surface area contributed by atoms with Crippen molar-refractivity contribution < 1.29 is 18.7 Å². The van der Waals surface area contributed by atoms with E-state index in [-0.39, 0.29) is 13.0 Å². The molecule has 4 aromatic rings. The number of ether oxygens (including phenoxy) is 1. The predicted octanol–water partition coefficient (Wildman–Crippen LogP) is 3.99. The zero-order valence-corrected chi connectivity index (χ0v) is 19.1. The number of para-hydroxylation sites is 2. The average Bonchev–Trinajstić information content (AvgIpc) is 3.17. The van der Waals surface area contributed by atoms with Gasteiger partial charge in [0.05, 0.1) is 5.52 Å². The summed E-state index contributed by atoms with van der Waals surface area (Å²) in [6.45, 7) is 2.36. The van der Waals surface area contributed by atoms with E-state index in [1.54, 1.807) is 60.7 Å². The third-order valence-electron chi connectivity index (χ3n) is 5.20. The number of fused-ring (bicyclic) bond motifs is 1. The number of oxazole rings is 1. The Hall–Kier alpha value is -4.04. The van der Waals surface area contributed by atoms with Crippen LogP contribution in [0.25, 0.3) is 11.1 Å². The van der Waals surface area contributed by atoms with Gasteiger partial charge in [-0.25, -0.2) is 4.79 Å². The second kappa shape index (κ2) is 10.3. The topological polar surface area (TPSA) is 103 Å². The molecule has 0 aliphatic rings. The molecule has 0 aliphatic carbocycles. The van der Waals surface area contributed by atoms with Gasteiger partial charge in [-0.15, -0.1) is 0 Å². The molecule has 8 nitrogen and oxygen atoms in total. The number of halogens is 1. The summed E-state index contributed by atoms with van der Waals surface area (Å²) in [5.41, 5.74) is 7.99. The molecule has 0 atom stereocenters. The van der Waals surface area contributed by atoms with Crippen molar-refractivity contribution in [3.8, 4) is 5.75 Å². The lowest BCUT2D eigenvalue weighted by Gasteiger charge is -2.10. The highest BCUT2D eigenvalue weighted by Gasteiger charge is 2.12. The van der Waals surface area contributed by atoms with Gasteiger partial charge in [-0.2, -0.15) is 0 Å². The Balaban J connectivity index is 1.25. The van der Waals surface area contributed by atoms with Gasteiger partial charge in [0, 0.05) is 23.6 Å². The zero-order valence-electron chi connectivity index (χ0n) is 18.3. The Kier molecular flexibility index (Phi) is 6.98. The molecule has 1 heterocycles. The molecule has 4 rings (SSSR count). The first-order valence-corrected chi connectivity index (χ1v) is 10.9. The Morgan fingerprint density at radius 2 is 1.79 bits per heavy atom. The number of rotatable bonds is 7. The molecule has 0 saturated heterocycles. The zero-order chi connectivity index (χ0) is 24.1. The van der Waals surface area contributed by atoms with E-state index in [9.17, 15) is 14.4 Å². The van der Waals surface area contributed by atoms with Crippen molar-refractivity contribution in [3.63, 3.8) is 0 Å². The van der Waals surface area contributed by atoms with Gasteiger partial charge in [-0.05, 0) is 60.5 Å². The molecular formula is C25H22ClN3O5. The summed E-state index contributed by atoms with van der Waals surface area (Å²) in [5.74, 6) is -0.723. The molecule has 34 heavy (non-hydrogen) atoms. The highest BCUT2D eigenvalue weighted by molar-refractivity contribution is 6.31. The maximum Gasteiger partial charge on any atom is 0.419 e. The van der Waals surface area contributed by atoms with Crippen LogP contribution < -0.4 is 21.3 Å². The van der Waals surface area contributed by atoms with E-state index in [0.29, 0.717) is 34.0 Å². The molecule has 0 saturated carbocycles. The molecule has 1 aromatic heterocycles. The van der Waals surface area contributed by atoms with Crippen molar-refractivity contribution in [2.75, 3.05) is 0 Å². The summed E-state index contributed by atoms with van der Waals surface area (Å²) in [6.07, 6.45) is -0.00976. The number of hydrogen-bond acceptors (Lipinski definition) is 5. The summed E-state index contributed by atoms with van der Waals surface area (Å²) >= 11 is 6.02. The van der Waals surface area contributed by atoms with Crippen LogP contribution in [0, 0.1) is 6.92 Å². The minimum absolute atomic E-state index is 0.00976. The summed E-state index contributed by atoms with van der Waals surface area (Å²) in [6, 6.07) is 19.2. The Morgan fingerprint density at radius 3 is 2.56 bits per heavy atom. The van der Waals surface area contributed by atoms with Crippen LogP contribution in [0.4, 0.5) is 0 Å². The third kappa shape index (κ3) is 5.47. The molecule has 0 bridgehead atoms. The Labute approximate surface area is 200 Å². The molecular weight excluding hydrogens is 458 g/mol. The Morgan fingerprint density at radius 1 is 1.03 bits per heavy atom. The van der Waals surface area contributed by atoms with Gasteiger partial charge in [0.2, 0.25) is 5.91 Å². The van der Waals surface area contributed by atoms with E-state index in [1.165, 1.54) is 4.57 Å². The van der Waals surface area contributed by atoms with Gasteiger partial charge in [0.15, 0.2) is 5.58 Å². The van der Waals surface area contributed by atoms with E-state index in [2.05, 4.69) is 10.9 Å². The smallest absolute Gasteiger partial charge is 0.419 e. The minimum Gasteiger partial charge on any atom is -0.489 e. The van der Waals surface area contributed by atoms with Crippen LogP contribution >= 0.6 is 11.6 Å². The molecule has 3 aromatic carbocycles. The van der Waals surface area contributed by atoms with Crippen LogP contribution in [0.2, 0.25) is 5.02 Å². The number of aromatic nitrogens is 1. The molecule has 0 fully saturated rings. The molecule has 2 amide bonds. The van der Waals surface area contributed by atoms with Crippen LogP contribution in [0.1, 0.15) is 27.9 Å². The van der Waals surface area contributed by atoms with Crippen molar-refractivity contribution in [2.24, 2.45) is 0 Å². The van der Waals surface area contributed by atoms with Gasteiger partial charge in [0.1, 0.15) is 12.4 Å². The predicted molar refractivity (Wildman–Crippen MR) is 128 cm³/mol. The number of nitrogens with zero attached hydrogens (tertiary/aromatic N) is 1. The van der Waals surface area contributed by atoms with Crippen LogP contribution in [0.3, 0.4) is 0 Å². The van der Waals surface area contributed by atoms with Gasteiger partial charge in [-0.1, -0.05) is 35.9 Å². The first-order chi connectivity index (χ1) is 16.4. The largest absolute Gasteiger partial charge is 0.489 e. The average molecular weight is 480 g/mol. The molecule has 0 unspecified atom stereocenters. The second-order valence-corrected chi connectivity index (χ2v) is 8.04. The van der Waals surface area contributed by atoms with Crippen molar-refractivity contribution in [1.29, 1.82) is 0 Å². The number of carbonyl (C=O) groups is 2. The fourth-order valence-corrected chi connectivity index (χ4v) is 3.44. The summed E-state index contributed by atoms with van der Waals surface area (Å²) in [5, 5.41) is 0.679. The first kappa shape index (κ1) is 23.1. The number of carbonyl (C=O) groups excluding carboxylic acids is 2. The normalized spacial score (nSPS) is 10.8. The van der Waals surface area contributed by atoms with Crippen LogP contribution in [-0.2, 0) is 17.9 Å². The van der Waals surface area contributed by atoms with Crippen molar-refractivity contribution >= 4 is 34.5 Å². The first-order valence-electron chi connectivity index (χ1n) is 10.6. The number of benzene rings is 3. The molecule has 9 heteroatoms. The SMILES string of the molecule is Cc1cc(OCc2ccc(C(=O)NNC(=O)CCn3c(=O)oc4ccccc43)cc2)ccc1Cl. The van der Waals surface area contributed by atoms with Crippen molar-refractivity contribution in [2.45, 2.75) is 26.5 Å². The van der Waals surface area contributed by atoms with Gasteiger partial charge >= 0.3 is 5.76 Å². The highest BCUT2D eigenvalue weighted by atomic mass is 35.5. The number of hydrazine groups is 1. The number of nitrogens with one attached hydrogen (secondary N) is 2. The van der Waals surface area contributed by atoms with Crippen molar-refractivity contribution in [3.05, 3.63) is 99.0 Å². The molecule has 0 radical (unpaired) electrons. The number of aryl methyl sites for hydroxylation is 2. The van der Waals surface area contributed by atoms with Crippen molar-refractivity contribution in [1.82, 2.24) is 15.4 Å². The fourth-order valence-electron chi connectivity index (χ4n) is 3.33. The van der Waals surface area contributed by atoms with Crippen LogP contribution in [-0.4, -0.2) is 16.4 Å². The third-order valence-corrected chi connectivity index (χ3v) is 5.63. The quantitative estimate of drug-likeness (QED) is 0.390. The maximum atomic E-state index is 12.3. The lowest BCUT2D eigenvalue weighted by molar-refractivity contribution is -0.122. The lowest BCUT2D eigenvalue weighted by Crippen LogP contribution is -2.42. The monoisotopic (exact) mass is 479 g/mol.